The molecule has 0 bridgehead atoms. The molecule has 1 unspecified atom stereocenters. The molecule has 27 heavy (non-hydrogen) atoms. The minimum absolute atomic E-state index is 0.128. The van der Waals surface area contributed by atoms with Gasteiger partial charge in [-0.1, -0.05) is 40.2 Å². The van der Waals surface area contributed by atoms with Gasteiger partial charge >= 0.3 is 0 Å². The Labute approximate surface area is 170 Å². The number of carbonyl (C=O) groups is 1. The molecule has 2 fully saturated rings. The van der Waals surface area contributed by atoms with Crippen LogP contribution in [0.4, 0.5) is 0 Å². The summed E-state index contributed by atoms with van der Waals surface area (Å²) in [5, 5.41) is 2.13. The zero-order chi connectivity index (χ0) is 19.0. The number of carbonyl (C=O) groups excluding carboxylic acids is 1. The Kier molecular flexibility index (Phi) is 5.53. The molecule has 2 heterocycles. The van der Waals surface area contributed by atoms with Gasteiger partial charge in [0.05, 0.1) is 0 Å². The van der Waals surface area contributed by atoms with E-state index in [2.05, 4.69) is 44.9 Å². The molecule has 2 aromatic carbocycles. The van der Waals surface area contributed by atoms with Crippen molar-refractivity contribution < 1.29 is 4.79 Å². The lowest BCUT2D eigenvalue weighted by atomic mass is 10.0. The summed E-state index contributed by atoms with van der Waals surface area (Å²) in [7, 11) is 4.18. The molecule has 0 N–H and O–H groups in total. The number of rotatable bonds is 3. The molecule has 144 valence electrons. The molecule has 5 heteroatoms. The normalized spacial score (nSPS) is 22.4. The highest BCUT2D eigenvalue weighted by molar-refractivity contribution is 9.10. The highest BCUT2D eigenvalue weighted by Crippen LogP contribution is 2.28. The smallest absolute Gasteiger partial charge is 0.254 e. The van der Waals surface area contributed by atoms with E-state index < -0.39 is 0 Å². The van der Waals surface area contributed by atoms with Gasteiger partial charge in [0.15, 0.2) is 0 Å². The van der Waals surface area contributed by atoms with E-state index in [4.69, 9.17) is 0 Å². The maximum Gasteiger partial charge on any atom is 0.254 e. The number of amides is 1. The topological polar surface area (TPSA) is 26.8 Å². The van der Waals surface area contributed by atoms with Crippen molar-refractivity contribution in [2.75, 3.05) is 40.3 Å². The van der Waals surface area contributed by atoms with Crippen LogP contribution in [0.25, 0.3) is 10.8 Å². The molecular weight excluding hydrogens is 402 g/mol. The van der Waals surface area contributed by atoms with Crippen molar-refractivity contribution in [2.45, 2.75) is 31.3 Å². The van der Waals surface area contributed by atoms with Crippen LogP contribution in [0.2, 0.25) is 0 Å². The Morgan fingerprint density at radius 2 is 1.85 bits per heavy atom. The number of hydrogen-bond donors (Lipinski definition) is 0. The van der Waals surface area contributed by atoms with E-state index >= 15 is 0 Å². The van der Waals surface area contributed by atoms with E-state index in [1.54, 1.807) is 0 Å². The average Bonchev–Trinajstić information content (AvgIpc) is 3.17. The lowest BCUT2D eigenvalue weighted by Gasteiger charge is -2.35. The van der Waals surface area contributed by atoms with Crippen LogP contribution >= 0.6 is 15.9 Å². The number of hydrogen-bond acceptors (Lipinski definition) is 3. The number of nitrogens with zero attached hydrogens (tertiary/aromatic N) is 3. The van der Waals surface area contributed by atoms with Crippen molar-refractivity contribution in [2.24, 2.45) is 0 Å². The summed E-state index contributed by atoms with van der Waals surface area (Å²) in [5.74, 6) is 0.128. The molecule has 0 spiro atoms. The van der Waals surface area contributed by atoms with E-state index in [1.807, 2.05) is 36.2 Å². The van der Waals surface area contributed by atoms with Gasteiger partial charge in [0.1, 0.15) is 0 Å². The summed E-state index contributed by atoms with van der Waals surface area (Å²) < 4.78 is 0.956. The van der Waals surface area contributed by atoms with Crippen LogP contribution in [0, 0.1) is 0 Å². The zero-order valence-corrected chi connectivity index (χ0v) is 17.8. The van der Waals surface area contributed by atoms with E-state index in [1.165, 1.54) is 25.9 Å². The van der Waals surface area contributed by atoms with Crippen molar-refractivity contribution in [3.8, 4) is 0 Å². The van der Waals surface area contributed by atoms with Crippen LogP contribution in [0.3, 0.4) is 0 Å². The monoisotopic (exact) mass is 429 g/mol. The summed E-state index contributed by atoms with van der Waals surface area (Å²) in [5.41, 5.74) is 0.792. The Bertz CT molecular complexity index is 831. The number of piperidine rings is 1. The minimum atomic E-state index is 0.128. The Hall–Kier alpha value is -1.43. The largest absolute Gasteiger partial charge is 0.337 e. The summed E-state index contributed by atoms with van der Waals surface area (Å²) >= 11 is 3.57. The van der Waals surface area contributed by atoms with Gasteiger partial charge in [-0.3, -0.25) is 9.69 Å². The summed E-state index contributed by atoms with van der Waals surface area (Å²) in [4.78, 5) is 20.3. The summed E-state index contributed by atoms with van der Waals surface area (Å²) in [6.07, 6.45) is 3.56. The maximum atomic E-state index is 13.3. The Morgan fingerprint density at radius 1 is 1.11 bits per heavy atom. The van der Waals surface area contributed by atoms with Crippen LogP contribution in [0.1, 0.15) is 29.6 Å². The van der Waals surface area contributed by atoms with Crippen LogP contribution in [0.5, 0.6) is 0 Å². The summed E-state index contributed by atoms with van der Waals surface area (Å²) in [6, 6.07) is 13.1. The molecule has 1 amide bonds. The van der Waals surface area contributed by atoms with Crippen molar-refractivity contribution in [1.82, 2.24) is 14.7 Å². The highest BCUT2D eigenvalue weighted by atomic mass is 79.9. The third kappa shape index (κ3) is 3.91. The fourth-order valence-electron chi connectivity index (χ4n) is 4.58. The van der Waals surface area contributed by atoms with Gasteiger partial charge in [0.2, 0.25) is 0 Å². The van der Waals surface area contributed by atoms with Crippen LogP contribution in [-0.4, -0.2) is 73.0 Å². The molecule has 2 aromatic rings. The van der Waals surface area contributed by atoms with E-state index in [0.29, 0.717) is 12.1 Å². The third-order valence-corrected chi connectivity index (χ3v) is 6.78. The molecule has 1 atom stereocenters. The van der Waals surface area contributed by atoms with Crippen LogP contribution < -0.4 is 0 Å². The van der Waals surface area contributed by atoms with E-state index in [0.717, 1.165) is 40.3 Å². The lowest BCUT2D eigenvalue weighted by Crippen LogP contribution is -2.45. The second-order valence-corrected chi connectivity index (χ2v) is 8.98. The SMILES string of the molecule is CN1CCC(N2CCC(N(C)C(=O)c3cc(Br)cc4ccccc34)C2)CC1. The number of likely N-dealkylation sites (tertiary alicyclic amines) is 2. The second kappa shape index (κ2) is 7.90. The van der Waals surface area contributed by atoms with E-state index in [-0.39, 0.29) is 5.91 Å². The zero-order valence-electron chi connectivity index (χ0n) is 16.2. The number of fused-ring (bicyclic) bond motifs is 1. The van der Waals surface area contributed by atoms with Crippen molar-refractivity contribution in [1.29, 1.82) is 0 Å². The van der Waals surface area contributed by atoms with Crippen molar-refractivity contribution in [3.63, 3.8) is 0 Å². The first-order valence-corrected chi connectivity index (χ1v) is 10.7. The molecule has 0 aliphatic carbocycles. The lowest BCUT2D eigenvalue weighted by molar-refractivity contribution is 0.0723. The fraction of sp³-hybridized carbons (Fsp3) is 0.500. The predicted molar refractivity (Wildman–Crippen MR) is 114 cm³/mol. The van der Waals surface area contributed by atoms with Crippen molar-refractivity contribution >= 4 is 32.6 Å². The Morgan fingerprint density at radius 3 is 2.63 bits per heavy atom. The first kappa shape index (κ1) is 18.9. The summed E-state index contributed by atoms with van der Waals surface area (Å²) in [6.45, 7) is 4.48. The average molecular weight is 430 g/mol. The fourth-order valence-corrected chi connectivity index (χ4v) is 5.06. The van der Waals surface area contributed by atoms with Gasteiger partial charge in [-0.05, 0) is 62.3 Å². The Balaban J connectivity index is 1.49. The highest BCUT2D eigenvalue weighted by Gasteiger charge is 2.33. The van der Waals surface area contributed by atoms with Crippen LogP contribution in [0.15, 0.2) is 40.9 Å². The van der Waals surface area contributed by atoms with Gasteiger partial charge in [-0.15, -0.1) is 0 Å². The van der Waals surface area contributed by atoms with E-state index in [9.17, 15) is 4.79 Å². The standard InChI is InChI=1S/C22H28BrN3O/c1-24-10-7-18(8-11-24)26-12-9-19(15-26)25(2)22(27)21-14-17(23)13-16-5-3-4-6-20(16)21/h3-6,13-14,18-19H,7-12,15H2,1-2H3. The second-order valence-electron chi connectivity index (χ2n) is 8.06. The molecule has 0 saturated carbocycles. The molecule has 2 aliphatic rings. The number of likely N-dealkylation sites (N-methyl/N-ethyl adjacent to an activating group) is 1. The molecular formula is C22H28BrN3O. The molecule has 0 radical (unpaired) electrons. The third-order valence-electron chi connectivity index (χ3n) is 6.32. The first-order valence-electron chi connectivity index (χ1n) is 9.91. The van der Waals surface area contributed by atoms with Crippen molar-refractivity contribution in [3.05, 3.63) is 46.4 Å². The minimum Gasteiger partial charge on any atom is -0.337 e. The molecule has 0 aromatic heterocycles. The van der Waals surface area contributed by atoms with Gasteiger partial charge in [-0.25, -0.2) is 0 Å². The van der Waals surface area contributed by atoms with Gasteiger partial charge in [-0.2, -0.15) is 0 Å². The van der Waals surface area contributed by atoms with Gasteiger partial charge < -0.3 is 9.80 Å². The molecule has 4 rings (SSSR count). The molecule has 2 saturated heterocycles. The van der Waals surface area contributed by atoms with Gasteiger partial charge in [0.25, 0.3) is 5.91 Å². The maximum absolute atomic E-state index is 13.3. The number of halogens is 1. The van der Waals surface area contributed by atoms with Gasteiger partial charge in [0, 0.05) is 42.3 Å². The molecule has 4 nitrogen and oxygen atoms in total. The quantitative estimate of drug-likeness (QED) is 0.741. The first-order chi connectivity index (χ1) is 13.0. The molecule has 2 aliphatic heterocycles. The number of benzene rings is 2. The van der Waals surface area contributed by atoms with Crippen LogP contribution in [-0.2, 0) is 0 Å². The predicted octanol–water partition coefficient (Wildman–Crippen LogP) is 3.84.